The van der Waals surface area contributed by atoms with Crippen LogP contribution in [0.3, 0.4) is 0 Å². The Morgan fingerprint density at radius 2 is 2.00 bits per heavy atom. The molecular formula is C15H18N2O3. The summed E-state index contributed by atoms with van der Waals surface area (Å²) in [5.74, 6) is 0.361. The first-order valence-corrected chi connectivity index (χ1v) is 6.64. The van der Waals surface area contributed by atoms with Crippen LogP contribution >= 0.6 is 0 Å². The van der Waals surface area contributed by atoms with Crippen LogP contribution in [0.4, 0.5) is 0 Å². The molecule has 0 bridgehead atoms. The van der Waals surface area contributed by atoms with E-state index in [9.17, 15) is 9.59 Å². The molecule has 0 atom stereocenters. The van der Waals surface area contributed by atoms with Crippen molar-refractivity contribution in [2.45, 2.75) is 13.3 Å². The molecule has 106 valence electrons. The molecule has 0 aromatic heterocycles. The highest BCUT2D eigenvalue weighted by atomic mass is 16.5. The van der Waals surface area contributed by atoms with E-state index in [4.69, 9.17) is 10.5 Å². The van der Waals surface area contributed by atoms with Gasteiger partial charge in [0, 0.05) is 18.7 Å². The summed E-state index contributed by atoms with van der Waals surface area (Å²) in [6.45, 7) is 3.10. The highest BCUT2D eigenvalue weighted by Crippen LogP contribution is 2.22. The van der Waals surface area contributed by atoms with Gasteiger partial charge < -0.3 is 10.5 Å². The van der Waals surface area contributed by atoms with Gasteiger partial charge >= 0.3 is 0 Å². The largest absolute Gasteiger partial charge is 0.494 e. The van der Waals surface area contributed by atoms with Crippen molar-refractivity contribution in [3.05, 3.63) is 35.4 Å². The lowest BCUT2D eigenvalue weighted by molar-refractivity contribution is -0.137. The summed E-state index contributed by atoms with van der Waals surface area (Å²) in [6.07, 6.45) is 1.89. The predicted octanol–water partition coefficient (Wildman–Crippen LogP) is 1.19. The van der Waals surface area contributed by atoms with Gasteiger partial charge in [-0.2, -0.15) is 0 Å². The Kier molecular flexibility index (Phi) is 4.53. The topological polar surface area (TPSA) is 72.6 Å². The molecule has 0 radical (unpaired) electrons. The molecule has 2 amide bonds. The summed E-state index contributed by atoms with van der Waals surface area (Å²) in [5, 5.41) is 0. The normalized spacial score (nSPS) is 17.1. The van der Waals surface area contributed by atoms with Crippen molar-refractivity contribution < 1.29 is 14.3 Å². The molecular weight excluding hydrogens is 256 g/mol. The maximum absolute atomic E-state index is 12.0. The van der Waals surface area contributed by atoms with Crippen LogP contribution in [-0.4, -0.2) is 36.4 Å². The van der Waals surface area contributed by atoms with Crippen LogP contribution in [-0.2, 0) is 9.59 Å². The van der Waals surface area contributed by atoms with Crippen molar-refractivity contribution in [3.63, 3.8) is 0 Å². The van der Waals surface area contributed by atoms with E-state index in [1.807, 2.05) is 31.2 Å². The zero-order valence-corrected chi connectivity index (χ0v) is 11.5. The summed E-state index contributed by atoms with van der Waals surface area (Å²) in [4.78, 5) is 24.9. The number of carbonyl (C=O) groups is 2. The lowest BCUT2D eigenvalue weighted by Crippen LogP contribution is -2.34. The number of ether oxygens (including phenoxy) is 1. The Morgan fingerprint density at radius 1 is 1.30 bits per heavy atom. The third kappa shape index (κ3) is 3.05. The van der Waals surface area contributed by atoms with E-state index in [-0.39, 0.29) is 31.3 Å². The number of carbonyl (C=O) groups excluding carboxylic acids is 2. The number of amides is 2. The summed E-state index contributed by atoms with van der Waals surface area (Å²) in [6, 6.07) is 7.41. The first-order valence-electron chi connectivity index (χ1n) is 6.64. The van der Waals surface area contributed by atoms with Crippen molar-refractivity contribution in [1.82, 2.24) is 4.90 Å². The summed E-state index contributed by atoms with van der Waals surface area (Å²) in [7, 11) is 0. The van der Waals surface area contributed by atoms with E-state index in [1.54, 1.807) is 6.08 Å². The van der Waals surface area contributed by atoms with Gasteiger partial charge in [-0.3, -0.25) is 14.5 Å². The SMILES string of the molecule is CCOc1ccc(/C=C2\CC(=O)N(CCN)C2=O)cc1. The fraction of sp³-hybridized carbons (Fsp3) is 0.333. The van der Waals surface area contributed by atoms with Gasteiger partial charge in [-0.05, 0) is 30.7 Å². The molecule has 1 aromatic carbocycles. The van der Waals surface area contributed by atoms with Gasteiger partial charge in [-0.15, -0.1) is 0 Å². The van der Waals surface area contributed by atoms with E-state index < -0.39 is 0 Å². The Balaban J connectivity index is 2.15. The van der Waals surface area contributed by atoms with Gasteiger partial charge in [0.15, 0.2) is 0 Å². The summed E-state index contributed by atoms with van der Waals surface area (Å²) in [5.41, 5.74) is 6.78. The number of likely N-dealkylation sites (tertiary alicyclic amines) is 1. The second kappa shape index (κ2) is 6.34. The minimum atomic E-state index is -0.241. The van der Waals surface area contributed by atoms with Crippen molar-refractivity contribution >= 4 is 17.9 Å². The number of hydrogen-bond acceptors (Lipinski definition) is 4. The molecule has 1 heterocycles. The molecule has 20 heavy (non-hydrogen) atoms. The molecule has 5 heteroatoms. The minimum absolute atomic E-state index is 0.145. The molecule has 1 saturated heterocycles. The quantitative estimate of drug-likeness (QED) is 0.646. The first-order chi connectivity index (χ1) is 9.65. The molecule has 1 aromatic rings. The van der Waals surface area contributed by atoms with Crippen LogP contribution in [0.2, 0.25) is 0 Å². The van der Waals surface area contributed by atoms with Crippen molar-refractivity contribution in [1.29, 1.82) is 0 Å². The molecule has 1 aliphatic heterocycles. The van der Waals surface area contributed by atoms with Crippen molar-refractivity contribution in [2.24, 2.45) is 5.73 Å². The van der Waals surface area contributed by atoms with Gasteiger partial charge in [0.2, 0.25) is 5.91 Å². The van der Waals surface area contributed by atoms with Crippen LogP contribution in [0.5, 0.6) is 5.75 Å². The molecule has 0 aliphatic carbocycles. The summed E-state index contributed by atoms with van der Waals surface area (Å²) >= 11 is 0. The Bertz CT molecular complexity index is 535. The van der Waals surface area contributed by atoms with Gasteiger partial charge in [0.05, 0.1) is 13.0 Å². The maximum atomic E-state index is 12.0. The Labute approximate surface area is 118 Å². The third-order valence-electron chi connectivity index (χ3n) is 3.05. The summed E-state index contributed by atoms with van der Waals surface area (Å²) < 4.78 is 5.35. The van der Waals surface area contributed by atoms with Crippen LogP contribution in [0.25, 0.3) is 6.08 Å². The van der Waals surface area contributed by atoms with Crippen molar-refractivity contribution in [3.8, 4) is 5.75 Å². The van der Waals surface area contributed by atoms with E-state index >= 15 is 0 Å². The molecule has 2 rings (SSSR count). The zero-order valence-electron chi connectivity index (χ0n) is 11.5. The van der Waals surface area contributed by atoms with Crippen LogP contribution in [0.15, 0.2) is 29.8 Å². The molecule has 5 nitrogen and oxygen atoms in total. The molecule has 0 unspecified atom stereocenters. The molecule has 1 aliphatic rings. The van der Waals surface area contributed by atoms with Crippen LogP contribution in [0, 0.1) is 0 Å². The van der Waals surface area contributed by atoms with E-state index in [2.05, 4.69) is 0 Å². The minimum Gasteiger partial charge on any atom is -0.494 e. The molecule has 1 fully saturated rings. The predicted molar refractivity (Wildman–Crippen MR) is 76.0 cm³/mol. The third-order valence-corrected chi connectivity index (χ3v) is 3.05. The van der Waals surface area contributed by atoms with E-state index in [0.29, 0.717) is 12.2 Å². The van der Waals surface area contributed by atoms with Gasteiger partial charge in [0.1, 0.15) is 5.75 Å². The fourth-order valence-corrected chi connectivity index (χ4v) is 2.12. The fourth-order valence-electron chi connectivity index (χ4n) is 2.12. The zero-order chi connectivity index (χ0) is 14.5. The standard InChI is InChI=1S/C15H18N2O3/c1-2-20-13-5-3-11(4-6-13)9-12-10-14(18)17(8-7-16)15(12)19/h3-6,9H,2,7-8,10,16H2,1H3/b12-9+. The average Bonchev–Trinajstić information content (AvgIpc) is 2.69. The van der Waals surface area contributed by atoms with E-state index in [1.165, 1.54) is 4.90 Å². The Morgan fingerprint density at radius 3 is 2.60 bits per heavy atom. The number of nitrogens with two attached hydrogens (primary N) is 1. The Hall–Kier alpha value is -2.14. The number of benzene rings is 1. The second-order valence-corrected chi connectivity index (χ2v) is 4.49. The smallest absolute Gasteiger partial charge is 0.256 e. The highest BCUT2D eigenvalue weighted by molar-refractivity contribution is 6.15. The average molecular weight is 274 g/mol. The number of imide groups is 1. The number of hydrogen-bond donors (Lipinski definition) is 1. The second-order valence-electron chi connectivity index (χ2n) is 4.49. The molecule has 0 saturated carbocycles. The molecule has 0 spiro atoms. The first kappa shape index (κ1) is 14.3. The highest BCUT2D eigenvalue weighted by Gasteiger charge is 2.32. The lowest BCUT2D eigenvalue weighted by Gasteiger charge is -2.10. The molecule has 2 N–H and O–H groups in total. The van der Waals surface area contributed by atoms with Crippen molar-refractivity contribution in [2.75, 3.05) is 19.7 Å². The van der Waals surface area contributed by atoms with Gasteiger partial charge in [-0.25, -0.2) is 0 Å². The maximum Gasteiger partial charge on any atom is 0.256 e. The van der Waals surface area contributed by atoms with Gasteiger partial charge in [0.25, 0.3) is 5.91 Å². The van der Waals surface area contributed by atoms with Crippen LogP contribution in [0.1, 0.15) is 18.9 Å². The lowest BCUT2D eigenvalue weighted by atomic mass is 10.1. The number of rotatable bonds is 5. The van der Waals surface area contributed by atoms with Gasteiger partial charge in [-0.1, -0.05) is 12.1 Å². The monoisotopic (exact) mass is 274 g/mol. The van der Waals surface area contributed by atoms with Crippen LogP contribution < -0.4 is 10.5 Å². The number of nitrogens with zero attached hydrogens (tertiary/aromatic N) is 1. The van der Waals surface area contributed by atoms with E-state index in [0.717, 1.165) is 11.3 Å².